The van der Waals surface area contributed by atoms with Crippen molar-refractivity contribution in [2.45, 2.75) is 50.0 Å². The summed E-state index contributed by atoms with van der Waals surface area (Å²) in [6, 6.07) is 0. The average Bonchev–Trinajstić information content (AvgIpc) is 2.01. The van der Waals surface area contributed by atoms with Gasteiger partial charge in [-0.2, -0.15) is 0 Å². The van der Waals surface area contributed by atoms with Gasteiger partial charge in [0.05, 0.1) is 0 Å². The van der Waals surface area contributed by atoms with E-state index in [1.165, 1.54) is 0 Å². The van der Waals surface area contributed by atoms with Gasteiger partial charge in [0, 0.05) is 0 Å². The molecule has 2 atom stereocenters. The molecule has 0 aromatic rings. The van der Waals surface area contributed by atoms with Crippen molar-refractivity contribution in [3.05, 3.63) is 0 Å². The Balaban J connectivity index is 4.18. The summed E-state index contributed by atoms with van der Waals surface area (Å²) in [5.74, 6) is 0. The quantitative estimate of drug-likeness (QED) is 0.650. The van der Waals surface area contributed by atoms with Crippen molar-refractivity contribution in [2.75, 3.05) is 0 Å². The van der Waals surface area contributed by atoms with E-state index < -0.39 is 11.4 Å². The van der Waals surface area contributed by atoms with Crippen molar-refractivity contribution >= 4 is 31.4 Å². The molecule has 0 rings (SSSR count). The van der Waals surface area contributed by atoms with Crippen LogP contribution in [0.3, 0.4) is 0 Å². The van der Waals surface area contributed by atoms with Gasteiger partial charge in [-0.15, -0.1) is 0 Å². The van der Waals surface area contributed by atoms with Crippen molar-refractivity contribution in [1.29, 1.82) is 0 Å². The van der Waals surface area contributed by atoms with Crippen LogP contribution in [-0.4, -0.2) is 11.4 Å². The van der Waals surface area contributed by atoms with Gasteiger partial charge in [0.25, 0.3) is 0 Å². The first-order valence-corrected chi connectivity index (χ1v) is 12.3. The third-order valence-electron chi connectivity index (χ3n) is 2.54. The van der Waals surface area contributed by atoms with Crippen molar-refractivity contribution in [1.82, 2.24) is 0 Å². The molecule has 0 amide bonds. The predicted octanol–water partition coefficient (Wildman–Crippen LogP) is 4.51. The molecule has 0 saturated heterocycles. The van der Waals surface area contributed by atoms with Gasteiger partial charge in [-0.3, -0.25) is 0 Å². The van der Waals surface area contributed by atoms with Crippen LogP contribution in [0.4, 0.5) is 0 Å². The Kier molecular flexibility index (Phi) is 5.49. The minimum atomic E-state index is -2.47. The van der Waals surface area contributed by atoms with Crippen molar-refractivity contribution < 1.29 is 0 Å². The zero-order valence-electron chi connectivity index (χ0n) is 7.82. The van der Waals surface area contributed by atoms with Crippen LogP contribution in [0, 0.1) is 0 Å². The third kappa shape index (κ3) is 3.16. The summed E-state index contributed by atoms with van der Waals surface area (Å²) in [7, 11) is 12.8. The molecule has 0 nitrogen and oxygen atoms in total. The number of hydrogen-bond acceptors (Lipinski definition) is 0. The second-order valence-corrected chi connectivity index (χ2v) is 17.8. The van der Waals surface area contributed by atoms with Gasteiger partial charge in [0.1, 0.15) is 0 Å². The van der Waals surface area contributed by atoms with E-state index in [1.54, 1.807) is 0 Å². The van der Waals surface area contributed by atoms with Gasteiger partial charge in [-0.1, -0.05) is 0 Å². The predicted molar refractivity (Wildman–Crippen MR) is 56.9 cm³/mol. The summed E-state index contributed by atoms with van der Waals surface area (Å²) in [6.45, 7) is 8.70. The monoisotopic (exact) mass is 258 g/mol. The van der Waals surface area contributed by atoms with E-state index in [0.717, 1.165) is 12.8 Å². The van der Waals surface area contributed by atoms with E-state index in [2.05, 4.69) is 27.7 Å². The molecule has 0 aliphatic carbocycles. The molecule has 11 heavy (non-hydrogen) atoms. The van der Waals surface area contributed by atoms with Gasteiger partial charge in [-0.25, -0.2) is 0 Å². The Morgan fingerprint density at radius 1 is 1.00 bits per heavy atom. The van der Waals surface area contributed by atoms with Gasteiger partial charge in [0.2, 0.25) is 0 Å². The number of rotatable bonds is 4. The van der Waals surface area contributed by atoms with Crippen LogP contribution < -0.4 is 0 Å². The second-order valence-electron chi connectivity index (χ2n) is 3.29. The van der Waals surface area contributed by atoms with Gasteiger partial charge in [-0.05, 0) is 0 Å². The molecule has 68 valence electrons. The maximum absolute atomic E-state index is 6.39. The van der Waals surface area contributed by atoms with E-state index in [-0.39, 0.29) is 0 Å². The first-order valence-electron chi connectivity index (χ1n) is 4.34. The van der Waals surface area contributed by atoms with E-state index in [0.29, 0.717) is 9.50 Å². The fourth-order valence-corrected chi connectivity index (χ4v) is 8.56. The van der Waals surface area contributed by atoms with Crippen molar-refractivity contribution in [2.24, 2.45) is 0 Å². The van der Waals surface area contributed by atoms with Gasteiger partial charge < -0.3 is 0 Å². The fourth-order valence-electron chi connectivity index (χ4n) is 1.03. The Labute approximate surface area is 81.4 Å². The Morgan fingerprint density at radius 2 is 1.27 bits per heavy atom. The van der Waals surface area contributed by atoms with Gasteiger partial charge in [0.15, 0.2) is 0 Å². The van der Waals surface area contributed by atoms with Crippen molar-refractivity contribution in [3.63, 3.8) is 0 Å². The molecule has 0 aromatic carbocycles. The molecule has 0 N–H and O–H groups in total. The SMILES string of the molecule is CC[CH](C)[Ge]([Cl])([Cl])[CH](C)CC. The first-order chi connectivity index (χ1) is 4.96. The van der Waals surface area contributed by atoms with Crippen LogP contribution in [0.1, 0.15) is 40.5 Å². The molecule has 0 radical (unpaired) electrons. The molecule has 2 unspecified atom stereocenters. The summed E-state index contributed by atoms with van der Waals surface area (Å²) < 4.78 is 1.13. The van der Waals surface area contributed by atoms with E-state index in [9.17, 15) is 0 Å². The molecule has 0 spiro atoms. The third-order valence-corrected chi connectivity index (χ3v) is 17.5. The standard InChI is InChI=1S/C8H18Cl2Ge/c1-5-7(3)11(9,10)8(4)6-2/h7-8H,5-6H2,1-4H3. The summed E-state index contributed by atoms with van der Waals surface area (Å²) in [4.78, 5) is 0. The average molecular weight is 258 g/mol. The summed E-state index contributed by atoms with van der Waals surface area (Å²) in [5.41, 5.74) is 0. The van der Waals surface area contributed by atoms with Crippen LogP contribution in [0.25, 0.3) is 0 Å². The second kappa shape index (κ2) is 4.98. The Bertz CT molecular complexity index is 103. The van der Waals surface area contributed by atoms with Crippen molar-refractivity contribution in [3.8, 4) is 0 Å². The molecule has 0 aliphatic heterocycles. The van der Waals surface area contributed by atoms with Crippen LogP contribution in [0.5, 0.6) is 0 Å². The van der Waals surface area contributed by atoms with E-state index in [1.807, 2.05) is 0 Å². The maximum atomic E-state index is 6.39. The summed E-state index contributed by atoms with van der Waals surface area (Å²) >= 11 is -2.47. The van der Waals surface area contributed by atoms with E-state index >= 15 is 0 Å². The molecule has 0 bridgehead atoms. The van der Waals surface area contributed by atoms with Gasteiger partial charge >= 0.3 is 81.5 Å². The van der Waals surface area contributed by atoms with Crippen LogP contribution in [0.2, 0.25) is 9.50 Å². The van der Waals surface area contributed by atoms with Crippen LogP contribution in [0.15, 0.2) is 0 Å². The molecular weight excluding hydrogens is 240 g/mol. The summed E-state index contributed by atoms with van der Waals surface area (Å²) in [6.07, 6.45) is 2.24. The molecule has 0 fully saturated rings. The zero-order chi connectivity index (χ0) is 9.07. The normalized spacial score (nSPS) is 18.0. The molecule has 0 aliphatic rings. The van der Waals surface area contributed by atoms with Crippen LogP contribution in [-0.2, 0) is 0 Å². The molecular formula is C8H18Cl2Ge. The Morgan fingerprint density at radius 3 is 1.45 bits per heavy atom. The molecule has 3 heteroatoms. The minimum absolute atomic E-state index is 0.563. The topological polar surface area (TPSA) is 0 Å². The Hall–Kier alpha value is 1.12. The number of halogens is 2. The van der Waals surface area contributed by atoms with E-state index in [4.69, 9.17) is 20.0 Å². The molecule has 0 saturated carbocycles. The molecule has 0 heterocycles. The summed E-state index contributed by atoms with van der Waals surface area (Å²) in [5, 5.41) is 0. The zero-order valence-corrected chi connectivity index (χ0v) is 11.4. The fraction of sp³-hybridized carbons (Fsp3) is 1.00. The van der Waals surface area contributed by atoms with Crippen LogP contribution >= 0.6 is 20.0 Å². The first kappa shape index (κ1) is 12.1. The number of hydrogen-bond donors (Lipinski definition) is 0. The molecule has 0 aromatic heterocycles.